The Kier molecular flexibility index (Phi) is 7.19. The molecule has 2 heterocycles. The molecule has 0 aliphatic carbocycles. The smallest absolute Gasteiger partial charge is 0.313 e. The van der Waals surface area contributed by atoms with E-state index in [0.717, 1.165) is 25.3 Å². The van der Waals surface area contributed by atoms with Gasteiger partial charge in [-0.25, -0.2) is 0 Å². The van der Waals surface area contributed by atoms with Gasteiger partial charge in [-0.05, 0) is 60.2 Å². The van der Waals surface area contributed by atoms with E-state index in [1.54, 1.807) is 35.6 Å². The molecule has 3 aromatic rings. The lowest BCUT2D eigenvalue weighted by atomic mass is 9.98. The fraction of sp³-hybridized carbons (Fsp3) is 0.280. The Labute approximate surface area is 192 Å². The average Bonchev–Trinajstić information content (AvgIpc) is 3.35. The van der Waals surface area contributed by atoms with Crippen LogP contribution in [-0.2, 0) is 22.6 Å². The second kappa shape index (κ2) is 10.4. The fourth-order valence-electron chi connectivity index (χ4n) is 3.93. The predicted molar refractivity (Wildman–Crippen MR) is 127 cm³/mol. The molecular weight excluding hydrogens is 422 g/mol. The molecule has 2 N–H and O–H groups in total. The minimum absolute atomic E-state index is 0.0191. The molecule has 0 spiro atoms. The number of amides is 2. The van der Waals surface area contributed by atoms with Gasteiger partial charge in [0.05, 0.1) is 12.6 Å². The zero-order valence-corrected chi connectivity index (χ0v) is 18.9. The van der Waals surface area contributed by atoms with Crippen LogP contribution in [0.15, 0.2) is 66.0 Å². The summed E-state index contributed by atoms with van der Waals surface area (Å²) in [6.07, 6.45) is 0.976. The molecule has 166 valence electrons. The summed E-state index contributed by atoms with van der Waals surface area (Å²) in [6.45, 7) is 4.59. The number of thiophene rings is 1. The van der Waals surface area contributed by atoms with E-state index in [1.807, 2.05) is 18.4 Å². The normalized spacial score (nSPS) is 14.3. The highest BCUT2D eigenvalue weighted by atomic mass is 32.1. The van der Waals surface area contributed by atoms with Crippen molar-refractivity contribution in [2.75, 3.05) is 25.0 Å². The van der Waals surface area contributed by atoms with E-state index in [9.17, 15) is 9.59 Å². The van der Waals surface area contributed by atoms with Gasteiger partial charge < -0.3 is 15.4 Å². The van der Waals surface area contributed by atoms with Crippen molar-refractivity contribution < 1.29 is 14.3 Å². The van der Waals surface area contributed by atoms with Crippen LogP contribution in [0.1, 0.15) is 29.0 Å². The van der Waals surface area contributed by atoms with Gasteiger partial charge in [-0.1, -0.05) is 30.3 Å². The van der Waals surface area contributed by atoms with Gasteiger partial charge in [0.15, 0.2) is 0 Å². The van der Waals surface area contributed by atoms with Gasteiger partial charge in [0, 0.05) is 30.2 Å². The van der Waals surface area contributed by atoms with Gasteiger partial charge in [0.25, 0.3) is 0 Å². The zero-order chi connectivity index (χ0) is 22.3. The Hall–Kier alpha value is -3.16. The van der Waals surface area contributed by atoms with Gasteiger partial charge in [0.2, 0.25) is 0 Å². The predicted octanol–water partition coefficient (Wildman–Crippen LogP) is 4.00. The summed E-state index contributed by atoms with van der Waals surface area (Å²) in [7, 11) is 0. The lowest BCUT2D eigenvalue weighted by Gasteiger charge is -2.35. The second-order valence-electron chi connectivity index (χ2n) is 7.64. The first-order valence-corrected chi connectivity index (χ1v) is 11.7. The Morgan fingerprint density at radius 1 is 1.03 bits per heavy atom. The van der Waals surface area contributed by atoms with Crippen molar-refractivity contribution in [1.29, 1.82) is 0 Å². The summed E-state index contributed by atoms with van der Waals surface area (Å²) in [5, 5.41) is 7.52. The summed E-state index contributed by atoms with van der Waals surface area (Å²) in [5.74, 6) is -0.599. The van der Waals surface area contributed by atoms with Crippen LogP contribution in [0.3, 0.4) is 0 Å². The Bertz CT molecular complexity index is 1050. The van der Waals surface area contributed by atoms with Crippen LogP contribution in [0.5, 0.6) is 5.75 Å². The van der Waals surface area contributed by atoms with E-state index < -0.39 is 11.8 Å². The first-order chi connectivity index (χ1) is 15.6. The molecule has 0 fully saturated rings. The number of nitrogens with zero attached hydrogens (tertiary/aromatic N) is 1. The number of benzene rings is 2. The van der Waals surface area contributed by atoms with E-state index >= 15 is 0 Å². The van der Waals surface area contributed by atoms with Crippen molar-refractivity contribution in [1.82, 2.24) is 10.2 Å². The molecule has 0 unspecified atom stereocenters. The van der Waals surface area contributed by atoms with E-state index in [-0.39, 0.29) is 6.04 Å². The maximum absolute atomic E-state index is 12.5. The Morgan fingerprint density at radius 2 is 1.81 bits per heavy atom. The average molecular weight is 450 g/mol. The van der Waals surface area contributed by atoms with Crippen molar-refractivity contribution in [3.05, 3.63) is 82.0 Å². The van der Waals surface area contributed by atoms with Crippen LogP contribution in [0, 0.1) is 0 Å². The summed E-state index contributed by atoms with van der Waals surface area (Å²) in [4.78, 5) is 28.5. The van der Waals surface area contributed by atoms with Crippen molar-refractivity contribution >= 4 is 28.8 Å². The van der Waals surface area contributed by atoms with Gasteiger partial charge in [-0.2, -0.15) is 0 Å². The molecule has 1 aromatic heterocycles. The molecule has 2 amide bonds. The number of rotatable bonds is 7. The van der Waals surface area contributed by atoms with Gasteiger partial charge in [0.1, 0.15) is 5.75 Å². The molecule has 6 nitrogen and oxygen atoms in total. The van der Waals surface area contributed by atoms with E-state index in [1.165, 1.54) is 16.0 Å². The number of hydrogen-bond donors (Lipinski definition) is 2. The molecular formula is C25H27N3O3S. The first kappa shape index (κ1) is 22.0. The molecule has 7 heteroatoms. The molecule has 4 rings (SSSR count). The summed E-state index contributed by atoms with van der Waals surface area (Å²) in [6, 6.07) is 19.6. The molecule has 1 atom stereocenters. The van der Waals surface area contributed by atoms with Crippen molar-refractivity contribution in [2.45, 2.75) is 25.9 Å². The summed E-state index contributed by atoms with van der Waals surface area (Å²) < 4.78 is 5.40. The first-order valence-electron chi connectivity index (χ1n) is 10.8. The third-order valence-corrected chi connectivity index (χ3v) is 6.53. The number of nitrogens with one attached hydrogen (secondary N) is 2. The number of carbonyl (C=O) groups is 2. The van der Waals surface area contributed by atoms with Crippen molar-refractivity contribution in [3.8, 4) is 5.75 Å². The number of carbonyl (C=O) groups excluding carboxylic acids is 2. The molecule has 0 saturated heterocycles. The van der Waals surface area contributed by atoms with Gasteiger partial charge >= 0.3 is 11.8 Å². The number of anilines is 1. The van der Waals surface area contributed by atoms with Crippen LogP contribution in [0.2, 0.25) is 0 Å². The van der Waals surface area contributed by atoms with E-state index in [4.69, 9.17) is 4.74 Å². The number of hydrogen-bond acceptors (Lipinski definition) is 5. The SMILES string of the molecule is CCOc1ccc(NC(=O)C(=O)NC[C@H](c2cccs2)N2CCc3ccccc3C2)cc1. The largest absolute Gasteiger partial charge is 0.494 e. The zero-order valence-electron chi connectivity index (χ0n) is 18.0. The second-order valence-corrected chi connectivity index (χ2v) is 8.62. The Morgan fingerprint density at radius 3 is 2.53 bits per heavy atom. The lowest BCUT2D eigenvalue weighted by molar-refractivity contribution is -0.136. The fourth-order valence-corrected chi connectivity index (χ4v) is 4.79. The van der Waals surface area contributed by atoms with E-state index in [2.05, 4.69) is 45.9 Å². The highest BCUT2D eigenvalue weighted by Gasteiger charge is 2.26. The molecule has 1 aliphatic rings. The lowest BCUT2D eigenvalue weighted by Crippen LogP contribution is -2.43. The van der Waals surface area contributed by atoms with E-state index in [0.29, 0.717) is 18.8 Å². The van der Waals surface area contributed by atoms with Crippen LogP contribution in [-0.4, -0.2) is 36.4 Å². The maximum Gasteiger partial charge on any atom is 0.313 e. The standard InChI is InChI=1S/C25H27N3O3S/c1-2-31-21-11-9-20(10-12-21)27-25(30)24(29)26-16-22(23-8-5-15-32-23)28-14-13-18-6-3-4-7-19(18)17-28/h3-12,15,22H,2,13-14,16-17H2,1H3,(H,26,29)(H,27,30)/t22-/m1/s1. The van der Waals surface area contributed by atoms with Crippen molar-refractivity contribution in [3.63, 3.8) is 0 Å². The third kappa shape index (κ3) is 5.36. The summed E-state index contributed by atoms with van der Waals surface area (Å²) in [5.41, 5.74) is 3.25. The molecule has 0 bridgehead atoms. The minimum Gasteiger partial charge on any atom is -0.494 e. The summed E-state index contributed by atoms with van der Waals surface area (Å²) >= 11 is 1.67. The Balaban J connectivity index is 1.38. The van der Waals surface area contributed by atoms with Crippen LogP contribution in [0.4, 0.5) is 5.69 Å². The van der Waals surface area contributed by atoms with Crippen LogP contribution < -0.4 is 15.4 Å². The topological polar surface area (TPSA) is 70.7 Å². The monoisotopic (exact) mass is 449 g/mol. The van der Waals surface area contributed by atoms with Crippen molar-refractivity contribution in [2.24, 2.45) is 0 Å². The number of fused-ring (bicyclic) bond motifs is 1. The number of ether oxygens (including phenoxy) is 1. The molecule has 0 saturated carbocycles. The van der Waals surface area contributed by atoms with Crippen LogP contribution >= 0.6 is 11.3 Å². The van der Waals surface area contributed by atoms with Crippen LogP contribution in [0.25, 0.3) is 0 Å². The quantitative estimate of drug-likeness (QED) is 0.535. The molecule has 2 aromatic carbocycles. The molecule has 1 aliphatic heterocycles. The minimum atomic E-state index is -0.678. The maximum atomic E-state index is 12.5. The highest BCUT2D eigenvalue weighted by molar-refractivity contribution is 7.10. The van der Waals surface area contributed by atoms with Gasteiger partial charge in [-0.3, -0.25) is 14.5 Å². The third-order valence-electron chi connectivity index (χ3n) is 5.56. The molecule has 32 heavy (non-hydrogen) atoms. The molecule has 0 radical (unpaired) electrons. The van der Waals surface area contributed by atoms with Gasteiger partial charge in [-0.15, -0.1) is 11.3 Å². The highest BCUT2D eigenvalue weighted by Crippen LogP contribution is 2.30.